The lowest BCUT2D eigenvalue weighted by molar-refractivity contribution is -0.385. The Morgan fingerprint density at radius 1 is 1.53 bits per heavy atom. The second kappa shape index (κ2) is 3.73. The number of hydrogen-bond donors (Lipinski definition) is 1. The average molecular weight is 236 g/mol. The minimum atomic E-state index is -0.732. The maximum atomic E-state index is 10.9. The van der Waals surface area contributed by atoms with Gasteiger partial charge in [0, 0.05) is 6.07 Å². The van der Waals surface area contributed by atoms with Gasteiger partial charge in [-0.1, -0.05) is 0 Å². The highest BCUT2D eigenvalue weighted by Gasteiger charge is 2.37. The van der Waals surface area contributed by atoms with Crippen molar-refractivity contribution in [1.29, 1.82) is 0 Å². The van der Waals surface area contributed by atoms with E-state index < -0.39 is 16.6 Å². The van der Waals surface area contributed by atoms with Gasteiger partial charge in [-0.25, -0.2) is 0 Å². The lowest BCUT2D eigenvalue weighted by Gasteiger charge is -2.38. The highest BCUT2D eigenvalue weighted by Crippen LogP contribution is 2.37. The van der Waals surface area contributed by atoms with E-state index in [-0.39, 0.29) is 5.69 Å². The molecule has 1 aliphatic rings. The number of hydrogen-bond acceptors (Lipinski definition) is 5. The summed E-state index contributed by atoms with van der Waals surface area (Å²) in [6.45, 7) is 3.50. The second-order valence-corrected chi connectivity index (χ2v) is 4.40. The number of carbonyl (C=O) groups excluding carboxylic acids is 1. The van der Waals surface area contributed by atoms with Crippen molar-refractivity contribution in [3.63, 3.8) is 0 Å². The fourth-order valence-electron chi connectivity index (χ4n) is 1.71. The molecule has 1 heterocycles. The van der Waals surface area contributed by atoms with Crippen LogP contribution in [-0.2, 0) is 4.79 Å². The summed E-state index contributed by atoms with van der Waals surface area (Å²) in [6.07, 6.45) is 0.768. The summed E-state index contributed by atoms with van der Waals surface area (Å²) in [5, 5.41) is 13.6. The number of non-ortho nitro benzene ring substituents is 1. The van der Waals surface area contributed by atoms with E-state index in [1.54, 1.807) is 19.9 Å². The molecule has 1 aromatic rings. The molecule has 90 valence electrons. The molecule has 1 N–H and O–H groups in total. The number of nitro groups is 1. The largest absolute Gasteiger partial charge is 0.483 e. The van der Waals surface area contributed by atoms with Crippen LogP contribution in [0.15, 0.2) is 18.2 Å². The predicted molar refractivity (Wildman–Crippen MR) is 61.3 cm³/mol. The van der Waals surface area contributed by atoms with Crippen LogP contribution < -0.4 is 10.1 Å². The van der Waals surface area contributed by atoms with Crippen molar-refractivity contribution in [2.75, 3.05) is 5.32 Å². The molecule has 0 saturated carbocycles. The maximum Gasteiger partial charge on any atom is 0.273 e. The lowest BCUT2D eigenvalue weighted by Crippen LogP contribution is -2.50. The number of nitrogens with zero attached hydrogens (tertiary/aromatic N) is 1. The molecule has 1 aliphatic heterocycles. The topological polar surface area (TPSA) is 81.5 Å². The monoisotopic (exact) mass is 236 g/mol. The first-order valence-corrected chi connectivity index (χ1v) is 5.13. The highest BCUT2D eigenvalue weighted by atomic mass is 16.6. The molecule has 0 saturated heterocycles. The molecule has 6 nitrogen and oxygen atoms in total. The molecule has 17 heavy (non-hydrogen) atoms. The standard InChI is InChI=1S/C11H12N2O4/c1-11(2)10(6-14)12-8-4-3-7(13(15)16)5-9(8)17-11/h3-6,10,12H,1-2H3. The fraction of sp³-hybridized carbons (Fsp3) is 0.364. The van der Waals surface area contributed by atoms with E-state index in [2.05, 4.69) is 5.32 Å². The minimum absolute atomic E-state index is 0.0362. The number of rotatable bonds is 2. The Balaban J connectivity index is 2.42. The molecule has 1 unspecified atom stereocenters. The summed E-state index contributed by atoms with van der Waals surface area (Å²) in [5.74, 6) is 0.391. The third-order valence-corrected chi connectivity index (χ3v) is 2.75. The number of aldehydes is 1. The van der Waals surface area contributed by atoms with E-state index in [0.717, 1.165) is 6.29 Å². The molecule has 6 heteroatoms. The van der Waals surface area contributed by atoms with Gasteiger partial charge in [0.15, 0.2) is 0 Å². The average Bonchev–Trinajstić information content (AvgIpc) is 2.25. The third kappa shape index (κ3) is 1.93. The van der Waals surface area contributed by atoms with E-state index in [1.807, 2.05) is 0 Å². The second-order valence-electron chi connectivity index (χ2n) is 4.40. The first-order chi connectivity index (χ1) is 7.94. The van der Waals surface area contributed by atoms with E-state index >= 15 is 0 Å². The number of nitrogens with one attached hydrogen (secondary N) is 1. The summed E-state index contributed by atoms with van der Waals surface area (Å²) in [5.41, 5.74) is -0.179. The Hall–Kier alpha value is -2.11. The molecule has 1 aromatic carbocycles. The zero-order valence-corrected chi connectivity index (χ0v) is 9.47. The lowest BCUT2D eigenvalue weighted by atomic mass is 9.97. The smallest absolute Gasteiger partial charge is 0.273 e. The van der Waals surface area contributed by atoms with E-state index in [9.17, 15) is 14.9 Å². The van der Waals surface area contributed by atoms with Crippen LogP contribution in [0.4, 0.5) is 11.4 Å². The van der Waals surface area contributed by atoms with Crippen molar-refractivity contribution in [3.05, 3.63) is 28.3 Å². The van der Waals surface area contributed by atoms with Crippen molar-refractivity contribution in [2.45, 2.75) is 25.5 Å². The zero-order chi connectivity index (χ0) is 12.6. The SMILES string of the molecule is CC1(C)Oc2cc([N+](=O)[O-])ccc2NC1C=O. The van der Waals surface area contributed by atoms with Crippen LogP contribution in [0.25, 0.3) is 0 Å². The summed E-state index contributed by atoms with van der Waals surface area (Å²) < 4.78 is 5.62. The minimum Gasteiger partial charge on any atom is -0.483 e. The number of nitro benzene ring substituents is 1. The van der Waals surface area contributed by atoms with Crippen LogP contribution in [0.2, 0.25) is 0 Å². The van der Waals surface area contributed by atoms with Crippen molar-refractivity contribution < 1.29 is 14.5 Å². The maximum absolute atomic E-state index is 10.9. The van der Waals surface area contributed by atoms with Crippen LogP contribution >= 0.6 is 0 Å². The van der Waals surface area contributed by atoms with Crippen LogP contribution in [-0.4, -0.2) is 22.9 Å². The van der Waals surface area contributed by atoms with Gasteiger partial charge in [0.2, 0.25) is 0 Å². The zero-order valence-electron chi connectivity index (χ0n) is 9.47. The Morgan fingerprint density at radius 2 is 2.24 bits per heavy atom. The molecule has 2 rings (SSSR count). The van der Waals surface area contributed by atoms with Crippen LogP contribution in [0.1, 0.15) is 13.8 Å². The van der Waals surface area contributed by atoms with E-state index in [1.165, 1.54) is 12.1 Å². The Kier molecular flexibility index (Phi) is 2.49. The molecule has 0 spiro atoms. The number of carbonyl (C=O) groups is 1. The van der Waals surface area contributed by atoms with Gasteiger partial charge in [-0.15, -0.1) is 0 Å². The summed E-state index contributed by atoms with van der Waals surface area (Å²) in [4.78, 5) is 21.1. The van der Waals surface area contributed by atoms with Crippen molar-refractivity contribution >= 4 is 17.7 Å². The summed E-state index contributed by atoms with van der Waals surface area (Å²) in [7, 11) is 0. The Morgan fingerprint density at radius 3 is 2.82 bits per heavy atom. The van der Waals surface area contributed by atoms with E-state index in [4.69, 9.17) is 4.74 Å². The van der Waals surface area contributed by atoms with Crippen LogP contribution in [0, 0.1) is 10.1 Å². The summed E-state index contributed by atoms with van der Waals surface area (Å²) >= 11 is 0. The molecule has 0 amide bonds. The first kappa shape index (κ1) is 11.4. The quantitative estimate of drug-likeness (QED) is 0.480. The molecule has 0 aliphatic carbocycles. The molecule has 0 aromatic heterocycles. The van der Waals surface area contributed by atoms with Gasteiger partial charge < -0.3 is 14.8 Å². The Bertz CT molecular complexity index is 484. The van der Waals surface area contributed by atoms with Gasteiger partial charge in [0.25, 0.3) is 5.69 Å². The van der Waals surface area contributed by atoms with E-state index in [0.29, 0.717) is 11.4 Å². The highest BCUT2D eigenvalue weighted by molar-refractivity contribution is 5.72. The van der Waals surface area contributed by atoms with Gasteiger partial charge in [-0.05, 0) is 19.9 Å². The molecular weight excluding hydrogens is 224 g/mol. The number of anilines is 1. The Labute approximate surface area is 97.7 Å². The number of fused-ring (bicyclic) bond motifs is 1. The molecule has 0 radical (unpaired) electrons. The molecule has 1 atom stereocenters. The van der Waals surface area contributed by atoms with Crippen molar-refractivity contribution in [3.8, 4) is 5.75 Å². The van der Waals surface area contributed by atoms with Crippen LogP contribution in [0.5, 0.6) is 5.75 Å². The molecule has 0 fully saturated rings. The molecular formula is C11H12N2O4. The third-order valence-electron chi connectivity index (χ3n) is 2.75. The molecule has 0 bridgehead atoms. The predicted octanol–water partition coefficient (Wildman–Crippen LogP) is 1.75. The summed E-state index contributed by atoms with van der Waals surface area (Å²) in [6, 6.07) is 3.79. The number of ether oxygens (including phenoxy) is 1. The van der Waals surface area contributed by atoms with Gasteiger partial charge in [-0.2, -0.15) is 0 Å². The normalized spacial score (nSPS) is 20.7. The van der Waals surface area contributed by atoms with Gasteiger partial charge >= 0.3 is 0 Å². The van der Waals surface area contributed by atoms with Gasteiger partial charge in [0.1, 0.15) is 23.7 Å². The van der Waals surface area contributed by atoms with Crippen molar-refractivity contribution in [1.82, 2.24) is 0 Å². The number of benzene rings is 1. The van der Waals surface area contributed by atoms with Gasteiger partial charge in [0.05, 0.1) is 16.7 Å². The fourth-order valence-corrected chi connectivity index (χ4v) is 1.71. The first-order valence-electron chi connectivity index (χ1n) is 5.13. The van der Waals surface area contributed by atoms with Gasteiger partial charge in [-0.3, -0.25) is 10.1 Å². The van der Waals surface area contributed by atoms with Crippen molar-refractivity contribution in [2.24, 2.45) is 0 Å². The van der Waals surface area contributed by atoms with Crippen LogP contribution in [0.3, 0.4) is 0 Å².